The summed E-state index contributed by atoms with van der Waals surface area (Å²) in [5.41, 5.74) is 1.61. The quantitative estimate of drug-likeness (QED) is 0.495. The van der Waals surface area contributed by atoms with E-state index in [-0.39, 0.29) is 11.2 Å². The molecule has 142 valence electrons. The molecule has 0 aliphatic carbocycles. The molecule has 2 heterocycles. The van der Waals surface area contributed by atoms with Crippen LogP contribution >= 0.6 is 11.3 Å². The highest BCUT2D eigenvalue weighted by Crippen LogP contribution is 2.20. The smallest absolute Gasteiger partial charge is 0.271 e. The van der Waals surface area contributed by atoms with Crippen LogP contribution in [-0.4, -0.2) is 23.3 Å². The van der Waals surface area contributed by atoms with Crippen molar-refractivity contribution in [2.24, 2.45) is 4.99 Å². The van der Waals surface area contributed by atoms with Crippen LogP contribution in [0.15, 0.2) is 58.3 Å². The van der Waals surface area contributed by atoms with E-state index in [0.717, 1.165) is 17.0 Å². The molecular formula is C19H16N4O4S. The highest BCUT2D eigenvalue weighted by molar-refractivity contribution is 7.07. The van der Waals surface area contributed by atoms with E-state index < -0.39 is 4.92 Å². The molecule has 0 bridgehead atoms. The van der Waals surface area contributed by atoms with Gasteiger partial charge in [-0.3, -0.25) is 19.5 Å². The Balaban J connectivity index is 1.63. The van der Waals surface area contributed by atoms with Gasteiger partial charge in [0.2, 0.25) is 0 Å². The first kappa shape index (κ1) is 17.9. The number of benzene rings is 2. The van der Waals surface area contributed by atoms with E-state index >= 15 is 0 Å². The van der Waals surface area contributed by atoms with E-state index in [1.165, 1.54) is 23.5 Å². The molecule has 8 nitrogen and oxygen atoms in total. The van der Waals surface area contributed by atoms with Crippen molar-refractivity contribution in [1.29, 1.82) is 0 Å². The molecule has 0 radical (unpaired) electrons. The number of nitro groups is 1. The SMILES string of the molecule is COc1ccc(C=c2sc3n(c2=O)CN(c2ccc([N+](=O)[O-])cc2)CN=3)cc1. The van der Waals surface area contributed by atoms with Crippen LogP contribution in [0.3, 0.4) is 0 Å². The molecule has 1 aliphatic heterocycles. The summed E-state index contributed by atoms with van der Waals surface area (Å²) in [6.45, 7) is 0.738. The molecule has 0 atom stereocenters. The predicted octanol–water partition coefficient (Wildman–Crippen LogP) is 1.71. The summed E-state index contributed by atoms with van der Waals surface area (Å²) < 4.78 is 7.37. The third-order valence-electron chi connectivity index (χ3n) is 4.42. The summed E-state index contributed by atoms with van der Waals surface area (Å²) >= 11 is 1.35. The second-order valence-corrected chi connectivity index (χ2v) is 7.16. The van der Waals surface area contributed by atoms with Gasteiger partial charge in [0.25, 0.3) is 11.2 Å². The number of anilines is 1. The van der Waals surface area contributed by atoms with E-state index in [9.17, 15) is 14.9 Å². The molecule has 0 saturated heterocycles. The number of nitrogens with zero attached hydrogens (tertiary/aromatic N) is 4. The summed E-state index contributed by atoms with van der Waals surface area (Å²) in [6, 6.07) is 13.7. The first-order valence-corrected chi connectivity index (χ1v) is 9.26. The number of rotatable bonds is 4. The minimum Gasteiger partial charge on any atom is -0.497 e. The fourth-order valence-corrected chi connectivity index (χ4v) is 3.87. The van der Waals surface area contributed by atoms with Crippen molar-refractivity contribution < 1.29 is 9.66 Å². The number of methoxy groups -OCH3 is 1. The van der Waals surface area contributed by atoms with Gasteiger partial charge in [0.05, 0.1) is 16.6 Å². The number of aromatic nitrogens is 1. The number of thiazole rings is 1. The van der Waals surface area contributed by atoms with Crippen LogP contribution < -0.4 is 24.5 Å². The van der Waals surface area contributed by atoms with Gasteiger partial charge in [0, 0.05) is 17.8 Å². The van der Waals surface area contributed by atoms with Crippen LogP contribution in [0.1, 0.15) is 5.56 Å². The van der Waals surface area contributed by atoms with Crippen molar-refractivity contribution >= 4 is 28.8 Å². The summed E-state index contributed by atoms with van der Waals surface area (Å²) in [5, 5.41) is 10.8. The molecule has 0 N–H and O–H groups in total. The molecule has 28 heavy (non-hydrogen) atoms. The maximum Gasteiger partial charge on any atom is 0.271 e. The van der Waals surface area contributed by atoms with Gasteiger partial charge < -0.3 is 9.64 Å². The lowest BCUT2D eigenvalue weighted by molar-refractivity contribution is -0.384. The van der Waals surface area contributed by atoms with Gasteiger partial charge in [-0.25, -0.2) is 4.99 Å². The molecule has 0 amide bonds. The van der Waals surface area contributed by atoms with Gasteiger partial charge >= 0.3 is 0 Å². The summed E-state index contributed by atoms with van der Waals surface area (Å²) in [7, 11) is 1.61. The first-order chi connectivity index (χ1) is 13.5. The Morgan fingerprint density at radius 1 is 1.18 bits per heavy atom. The monoisotopic (exact) mass is 396 g/mol. The Bertz CT molecular complexity index is 1200. The Hall–Kier alpha value is -3.46. The van der Waals surface area contributed by atoms with E-state index in [2.05, 4.69) is 4.99 Å². The zero-order valence-corrected chi connectivity index (χ0v) is 15.8. The van der Waals surface area contributed by atoms with E-state index in [1.54, 1.807) is 23.8 Å². The molecule has 0 fully saturated rings. The van der Waals surface area contributed by atoms with E-state index in [0.29, 0.717) is 22.7 Å². The second kappa shape index (κ2) is 7.28. The Morgan fingerprint density at radius 2 is 1.89 bits per heavy atom. The summed E-state index contributed by atoms with van der Waals surface area (Å²) in [4.78, 5) is 30.2. The molecule has 0 saturated carbocycles. The molecule has 0 unspecified atom stereocenters. The van der Waals surface area contributed by atoms with Gasteiger partial charge in [0.15, 0.2) is 4.80 Å². The topological polar surface area (TPSA) is 90.0 Å². The summed E-state index contributed by atoms with van der Waals surface area (Å²) in [6.07, 6.45) is 1.84. The van der Waals surface area contributed by atoms with Crippen molar-refractivity contribution in [3.05, 3.63) is 83.9 Å². The van der Waals surface area contributed by atoms with Crippen molar-refractivity contribution in [1.82, 2.24) is 4.57 Å². The van der Waals surface area contributed by atoms with Gasteiger partial charge in [-0.1, -0.05) is 23.5 Å². The minimum atomic E-state index is -0.437. The van der Waals surface area contributed by atoms with Crippen molar-refractivity contribution in [3.63, 3.8) is 0 Å². The van der Waals surface area contributed by atoms with Gasteiger partial charge in [-0.05, 0) is 35.9 Å². The molecule has 0 spiro atoms. The Morgan fingerprint density at radius 3 is 2.54 bits per heavy atom. The minimum absolute atomic E-state index is 0.0301. The lowest BCUT2D eigenvalue weighted by Gasteiger charge is -2.25. The maximum atomic E-state index is 12.8. The largest absolute Gasteiger partial charge is 0.497 e. The standard InChI is InChI=1S/C19H16N4O4S/c1-27-16-8-2-13(3-9-16)10-17-18(24)22-12-21(11-20-19(22)28-17)14-4-6-15(7-5-14)23(25)26/h2-10H,11-12H2,1H3. The van der Waals surface area contributed by atoms with Crippen molar-refractivity contribution in [2.45, 2.75) is 6.67 Å². The zero-order chi connectivity index (χ0) is 19.7. The highest BCUT2D eigenvalue weighted by Gasteiger charge is 2.16. The summed E-state index contributed by atoms with van der Waals surface area (Å²) in [5.74, 6) is 0.757. The predicted molar refractivity (Wildman–Crippen MR) is 106 cm³/mol. The van der Waals surface area contributed by atoms with Crippen LogP contribution in [-0.2, 0) is 6.67 Å². The molecule has 3 aromatic rings. The van der Waals surface area contributed by atoms with Crippen LogP contribution in [0.2, 0.25) is 0 Å². The second-order valence-electron chi connectivity index (χ2n) is 6.15. The molecule has 1 aromatic heterocycles. The maximum absolute atomic E-state index is 12.8. The normalized spacial score (nSPS) is 13.8. The zero-order valence-electron chi connectivity index (χ0n) is 14.9. The van der Waals surface area contributed by atoms with Crippen LogP contribution in [0.4, 0.5) is 11.4 Å². The number of hydrogen-bond donors (Lipinski definition) is 0. The average Bonchev–Trinajstić information content (AvgIpc) is 3.03. The van der Waals surface area contributed by atoms with Gasteiger partial charge in [-0.2, -0.15) is 0 Å². The van der Waals surface area contributed by atoms with Gasteiger partial charge in [-0.15, -0.1) is 0 Å². The third kappa shape index (κ3) is 3.39. The molecule has 1 aliphatic rings. The lowest BCUT2D eigenvalue weighted by Crippen LogP contribution is -2.42. The van der Waals surface area contributed by atoms with Crippen LogP contribution in [0.5, 0.6) is 5.75 Å². The number of ether oxygens (including phenoxy) is 1. The van der Waals surface area contributed by atoms with Crippen LogP contribution in [0.25, 0.3) is 6.08 Å². The number of non-ortho nitro benzene ring substituents is 1. The Labute approximate surface area is 163 Å². The third-order valence-corrected chi connectivity index (χ3v) is 5.46. The lowest BCUT2D eigenvalue weighted by atomic mass is 10.2. The van der Waals surface area contributed by atoms with Crippen LogP contribution in [0, 0.1) is 10.1 Å². The highest BCUT2D eigenvalue weighted by atomic mass is 32.1. The average molecular weight is 396 g/mol. The molecule has 9 heteroatoms. The van der Waals surface area contributed by atoms with Gasteiger partial charge in [0.1, 0.15) is 19.1 Å². The fourth-order valence-electron chi connectivity index (χ4n) is 2.91. The number of nitro benzene ring substituents is 1. The van der Waals surface area contributed by atoms with E-state index in [1.807, 2.05) is 35.2 Å². The first-order valence-electron chi connectivity index (χ1n) is 8.44. The van der Waals surface area contributed by atoms with Crippen molar-refractivity contribution in [2.75, 3.05) is 18.7 Å². The fraction of sp³-hybridized carbons (Fsp3) is 0.158. The molecule has 4 rings (SSSR count). The Kier molecular flexibility index (Phi) is 4.66. The molecule has 2 aromatic carbocycles. The number of fused-ring (bicyclic) bond motifs is 1. The molecular weight excluding hydrogens is 380 g/mol. The van der Waals surface area contributed by atoms with Crippen molar-refractivity contribution in [3.8, 4) is 5.75 Å². The van der Waals surface area contributed by atoms with E-state index in [4.69, 9.17) is 4.74 Å². The number of hydrogen-bond acceptors (Lipinski definition) is 7.